The van der Waals surface area contributed by atoms with Crippen LogP contribution in [-0.4, -0.2) is 29.9 Å². The average molecular weight is 294 g/mol. The van der Waals surface area contributed by atoms with Crippen LogP contribution in [0.15, 0.2) is 24.3 Å². The van der Waals surface area contributed by atoms with Crippen LogP contribution < -0.4 is 10.6 Å². The van der Waals surface area contributed by atoms with Gasteiger partial charge in [0, 0.05) is 19.7 Å². The fourth-order valence-corrected chi connectivity index (χ4v) is 1.66. The number of hydrogen-bond acceptors (Lipinski definition) is 3. The number of nitrogens with one attached hydrogen (secondary N) is 2. The van der Waals surface area contributed by atoms with E-state index in [-0.39, 0.29) is 18.2 Å². The Morgan fingerprint density at radius 1 is 1.24 bits per heavy atom. The quantitative estimate of drug-likeness (QED) is 0.675. The highest BCUT2D eigenvalue weighted by molar-refractivity contribution is 5.73. The number of hydrogen-bond donors (Lipinski definition) is 3. The summed E-state index contributed by atoms with van der Waals surface area (Å²) in [5, 5.41) is 14.1. The minimum absolute atomic E-state index is 0.0795. The summed E-state index contributed by atoms with van der Waals surface area (Å²) in [4.78, 5) is 11.5. The molecule has 1 aromatic rings. The molecule has 5 nitrogen and oxygen atoms in total. The van der Waals surface area contributed by atoms with Gasteiger partial charge in [-0.3, -0.25) is 0 Å². The molecule has 0 aliphatic heterocycles. The maximum absolute atomic E-state index is 11.5. The molecule has 1 rings (SSSR count). The summed E-state index contributed by atoms with van der Waals surface area (Å²) in [5.74, 6) is 0. The number of benzene rings is 1. The number of amides is 2. The molecule has 21 heavy (non-hydrogen) atoms. The molecule has 0 spiro atoms. The van der Waals surface area contributed by atoms with E-state index in [1.807, 2.05) is 45.0 Å². The molecule has 0 unspecified atom stereocenters. The summed E-state index contributed by atoms with van der Waals surface area (Å²) in [5.41, 5.74) is 1.95. The van der Waals surface area contributed by atoms with Crippen molar-refractivity contribution in [1.82, 2.24) is 10.6 Å². The molecule has 0 bridgehead atoms. The molecule has 0 atom stereocenters. The van der Waals surface area contributed by atoms with Crippen LogP contribution in [0.4, 0.5) is 4.79 Å². The van der Waals surface area contributed by atoms with E-state index in [0.717, 1.165) is 11.1 Å². The van der Waals surface area contributed by atoms with Crippen LogP contribution in [0, 0.1) is 0 Å². The van der Waals surface area contributed by atoms with Crippen LogP contribution in [0.1, 0.15) is 38.3 Å². The topological polar surface area (TPSA) is 70.6 Å². The van der Waals surface area contributed by atoms with Crippen molar-refractivity contribution in [1.29, 1.82) is 0 Å². The Kier molecular flexibility index (Phi) is 7.19. The van der Waals surface area contributed by atoms with Crippen molar-refractivity contribution in [2.45, 2.75) is 45.9 Å². The van der Waals surface area contributed by atoms with Gasteiger partial charge in [-0.2, -0.15) is 0 Å². The second kappa shape index (κ2) is 8.64. The SMILES string of the molecule is CC(C)(C)OCc1cccc(CNC(=O)NCCCO)c1. The van der Waals surface area contributed by atoms with E-state index in [1.165, 1.54) is 0 Å². The van der Waals surface area contributed by atoms with E-state index >= 15 is 0 Å². The van der Waals surface area contributed by atoms with Crippen molar-refractivity contribution in [3.05, 3.63) is 35.4 Å². The van der Waals surface area contributed by atoms with E-state index in [9.17, 15) is 4.79 Å². The summed E-state index contributed by atoms with van der Waals surface area (Å²) in [6.07, 6.45) is 0.563. The first kappa shape index (κ1) is 17.5. The molecule has 3 N–H and O–H groups in total. The molecule has 0 saturated carbocycles. The normalized spacial score (nSPS) is 11.2. The van der Waals surface area contributed by atoms with Gasteiger partial charge >= 0.3 is 6.03 Å². The highest BCUT2D eigenvalue weighted by Gasteiger charge is 2.10. The lowest BCUT2D eigenvalue weighted by Crippen LogP contribution is -2.35. The number of urea groups is 1. The van der Waals surface area contributed by atoms with Crippen molar-refractivity contribution in [2.75, 3.05) is 13.2 Å². The predicted octanol–water partition coefficient (Wildman–Crippen LogP) is 2.18. The molecule has 0 radical (unpaired) electrons. The van der Waals surface area contributed by atoms with Gasteiger partial charge in [0.05, 0.1) is 12.2 Å². The molecular formula is C16H26N2O3. The molecule has 0 saturated heterocycles. The van der Waals surface area contributed by atoms with Crippen LogP contribution in [0.3, 0.4) is 0 Å². The third kappa shape index (κ3) is 8.32. The van der Waals surface area contributed by atoms with Gasteiger partial charge in [-0.15, -0.1) is 0 Å². The molecule has 118 valence electrons. The molecule has 0 aliphatic carbocycles. The van der Waals surface area contributed by atoms with Crippen molar-refractivity contribution < 1.29 is 14.6 Å². The van der Waals surface area contributed by atoms with Gasteiger partial charge in [-0.25, -0.2) is 4.79 Å². The van der Waals surface area contributed by atoms with Gasteiger partial charge in [0.25, 0.3) is 0 Å². The van der Waals surface area contributed by atoms with Crippen molar-refractivity contribution in [3.8, 4) is 0 Å². The van der Waals surface area contributed by atoms with Gasteiger partial charge in [0.2, 0.25) is 0 Å². The third-order valence-corrected chi connectivity index (χ3v) is 2.74. The van der Waals surface area contributed by atoms with E-state index in [2.05, 4.69) is 10.6 Å². The Hall–Kier alpha value is -1.59. The molecule has 5 heteroatoms. The smallest absolute Gasteiger partial charge is 0.315 e. The fraction of sp³-hybridized carbons (Fsp3) is 0.562. The summed E-state index contributed by atoms with van der Waals surface area (Å²) >= 11 is 0. The third-order valence-electron chi connectivity index (χ3n) is 2.74. The van der Waals surface area contributed by atoms with Crippen LogP contribution in [0.2, 0.25) is 0 Å². The average Bonchev–Trinajstić information content (AvgIpc) is 2.43. The second-order valence-electron chi connectivity index (χ2n) is 5.91. The maximum Gasteiger partial charge on any atom is 0.315 e. The minimum Gasteiger partial charge on any atom is -0.396 e. The highest BCUT2D eigenvalue weighted by atomic mass is 16.5. The molecule has 2 amide bonds. The summed E-state index contributed by atoms with van der Waals surface area (Å²) < 4.78 is 5.74. The number of aliphatic hydroxyl groups is 1. The zero-order valence-electron chi connectivity index (χ0n) is 13.1. The molecule has 1 aromatic carbocycles. The number of aliphatic hydroxyl groups excluding tert-OH is 1. The predicted molar refractivity (Wildman–Crippen MR) is 82.9 cm³/mol. The summed E-state index contributed by atoms with van der Waals surface area (Å²) in [6, 6.07) is 7.74. The first-order chi connectivity index (χ1) is 9.90. The van der Waals surface area contributed by atoms with Crippen LogP contribution in [-0.2, 0) is 17.9 Å². The van der Waals surface area contributed by atoms with Crippen LogP contribution in [0.5, 0.6) is 0 Å². The molecule has 0 aliphatic rings. The van der Waals surface area contributed by atoms with Crippen molar-refractivity contribution >= 4 is 6.03 Å². The Labute approximate surface area is 126 Å². The Bertz CT molecular complexity index is 441. The monoisotopic (exact) mass is 294 g/mol. The lowest BCUT2D eigenvalue weighted by Gasteiger charge is -2.19. The van der Waals surface area contributed by atoms with E-state index in [0.29, 0.717) is 26.1 Å². The van der Waals surface area contributed by atoms with Gasteiger partial charge in [0.1, 0.15) is 0 Å². The zero-order valence-corrected chi connectivity index (χ0v) is 13.1. The number of ether oxygens (including phenoxy) is 1. The minimum atomic E-state index is -0.222. The molecule has 0 fully saturated rings. The number of carbonyl (C=O) groups is 1. The Morgan fingerprint density at radius 3 is 2.62 bits per heavy atom. The lowest BCUT2D eigenvalue weighted by atomic mass is 10.1. The maximum atomic E-state index is 11.5. The Morgan fingerprint density at radius 2 is 1.95 bits per heavy atom. The lowest BCUT2D eigenvalue weighted by molar-refractivity contribution is -0.0149. The van der Waals surface area contributed by atoms with E-state index < -0.39 is 0 Å². The molecule has 0 heterocycles. The number of rotatable bonds is 7. The number of carbonyl (C=O) groups excluding carboxylic acids is 1. The van der Waals surface area contributed by atoms with E-state index in [1.54, 1.807) is 0 Å². The fourth-order valence-electron chi connectivity index (χ4n) is 1.66. The summed E-state index contributed by atoms with van der Waals surface area (Å²) in [7, 11) is 0. The van der Waals surface area contributed by atoms with Gasteiger partial charge in [0.15, 0.2) is 0 Å². The largest absolute Gasteiger partial charge is 0.396 e. The summed E-state index contributed by atoms with van der Waals surface area (Å²) in [6.45, 7) is 7.64. The zero-order chi connectivity index (χ0) is 15.7. The Balaban J connectivity index is 2.40. The molecular weight excluding hydrogens is 268 g/mol. The first-order valence-electron chi connectivity index (χ1n) is 7.25. The van der Waals surface area contributed by atoms with Gasteiger partial charge in [-0.1, -0.05) is 24.3 Å². The first-order valence-corrected chi connectivity index (χ1v) is 7.25. The van der Waals surface area contributed by atoms with Crippen molar-refractivity contribution in [2.24, 2.45) is 0 Å². The van der Waals surface area contributed by atoms with Gasteiger partial charge < -0.3 is 20.5 Å². The second-order valence-corrected chi connectivity index (χ2v) is 5.91. The highest BCUT2D eigenvalue weighted by Crippen LogP contribution is 2.13. The van der Waals surface area contributed by atoms with Crippen molar-refractivity contribution in [3.63, 3.8) is 0 Å². The van der Waals surface area contributed by atoms with Crippen LogP contribution in [0.25, 0.3) is 0 Å². The molecule has 0 aromatic heterocycles. The standard InChI is InChI=1S/C16H26N2O3/c1-16(2,3)21-12-14-7-4-6-13(10-14)11-18-15(20)17-8-5-9-19/h4,6-7,10,19H,5,8-9,11-12H2,1-3H3,(H2,17,18,20). The van der Waals surface area contributed by atoms with Gasteiger partial charge in [-0.05, 0) is 38.3 Å². The van der Waals surface area contributed by atoms with Crippen LogP contribution >= 0.6 is 0 Å². The van der Waals surface area contributed by atoms with E-state index in [4.69, 9.17) is 9.84 Å².